The minimum atomic E-state index is -4.53. The largest absolute Gasteiger partial charge is 0.453 e. The van der Waals surface area contributed by atoms with Crippen LogP contribution in [0.3, 0.4) is 0 Å². The smallest absolute Gasteiger partial charge is 0.405 e. The van der Waals surface area contributed by atoms with E-state index in [-0.39, 0.29) is 40.2 Å². The van der Waals surface area contributed by atoms with Crippen LogP contribution < -0.4 is 21.1 Å². The number of hydrogen-bond donors (Lipinski definition) is 3. The SMILES string of the molecule is CC[C@@H](N)c1ccc(Cl)c(Oc2cccc(NC(=O)NCC(F)(F)F)c2)c1F.Cl. The van der Waals surface area contributed by atoms with Crippen molar-refractivity contribution in [1.29, 1.82) is 0 Å². The Labute approximate surface area is 176 Å². The van der Waals surface area contributed by atoms with Crippen molar-refractivity contribution in [2.75, 3.05) is 11.9 Å². The van der Waals surface area contributed by atoms with Crippen molar-refractivity contribution in [3.63, 3.8) is 0 Å². The fourth-order valence-corrected chi connectivity index (χ4v) is 2.44. The first-order valence-corrected chi connectivity index (χ1v) is 8.61. The van der Waals surface area contributed by atoms with Gasteiger partial charge < -0.3 is 21.1 Å². The zero-order chi connectivity index (χ0) is 20.9. The molecule has 2 aromatic carbocycles. The van der Waals surface area contributed by atoms with Crippen LogP contribution in [-0.2, 0) is 0 Å². The van der Waals surface area contributed by atoms with Crippen molar-refractivity contribution in [2.24, 2.45) is 5.73 Å². The van der Waals surface area contributed by atoms with Crippen LogP contribution in [0, 0.1) is 5.82 Å². The lowest BCUT2D eigenvalue weighted by atomic mass is 10.0. The van der Waals surface area contributed by atoms with E-state index in [0.717, 1.165) is 0 Å². The van der Waals surface area contributed by atoms with Crippen LogP contribution in [0.4, 0.5) is 28.0 Å². The van der Waals surface area contributed by atoms with Crippen molar-refractivity contribution in [3.8, 4) is 11.5 Å². The first-order chi connectivity index (χ1) is 13.1. The molecule has 2 amide bonds. The second-order valence-electron chi connectivity index (χ2n) is 5.85. The van der Waals surface area contributed by atoms with Gasteiger partial charge in [0, 0.05) is 23.4 Å². The summed E-state index contributed by atoms with van der Waals surface area (Å²) in [6.07, 6.45) is -4.02. The fraction of sp³-hybridized carbons (Fsp3) is 0.278. The van der Waals surface area contributed by atoms with Crippen molar-refractivity contribution >= 4 is 35.7 Å². The van der Waals surface area contributed by atoms with Crippen LogP contribution in [0.5, 0.6) is 11.5 Å². The van der Waals surface area contributed by atoms with E-state index in [1.807, 2.05) is 0 Å². The zero-order valence-electron chi connectivity index (χ0n) is 15.1. The molecule has 29 heavy (non-hydrogen) atoms. The summed E-state index contributed by atoms with van der Waals surface area (Å²) in [6, 6.07) is 7.04. The monoisotopic (exact) mass is 455 g/mol. The third kappa shape index (κ3) is 7.26. The molecule has 0 aliphatic carbocycles. The number of anilines is 1. The number of ether oxygens (including phenoxy) is 1. The molecule has 0 saturated heterocycles. The molecule has 2 aromatic rings. The molecule has 11 heteroatoms. The van der Waals surface area contributed by atoms with E-state index < -0.39 is 30.6 Å². The maximum Gasteiger partial charge on any atom is 0.405 e. The third-order valence-electron chi connectivity index (χ3n) is 3.68. The molecule has 1 atom stereocenters. The molecule has 160 valence electrons. The minimum absolute atomic E-state index is 0. The number of halogens is 6. The maximum atomic E-state index is 14.7. The molecule has 0 spiro atoms. The summed E-state index contributed by atoms with van der Waals surface area (Å²) in [4.78, 5) is 11.5. The number of hydrogen-bond acceptors (Lipinski definition) is 3. The fourth-order valence-electron chi connectivity index (χ4n) is 2.26. The van der Waals surface area contributed by atoms with Gasteiger partial charge in [-0.05, 0) is 24.6 Å². The molecule has 2 rings (SSSR count). The Hall–Kier alpha value is -2.23. The maximum absolute atomic E-state index is 14.7. The Bertz CT molecular complexity index is 850. The van der Waals surface area contributed by atoms with Crippen LogP contribution in [0.1, 0.15) is 24.9 Å². The summed E-state index contributed by atoms with van der Waals surface area (Å²) in [5.41, 5.74) is 6.26. The number of alkyl halides is 3. The second kappa shape index (κ2) is 10.5. The van der Waals surface area contributed by atoms with Crippen molar-refractivity contribution in [1.82, 2.24) is 5.32 Å². The molecular formula is C18H19Cl2F4N3O2. The van der Waals surface area contributed by atoms with Gasteiger partial charge in [0.25, 0.3) is 0 Å². The quantitative estimate of drug-likeness (QED) is 0.482. The third-order valence-corrected chi connectivity index (χ3v) is 3.98. The Morgan fingerprint density at radius 2 is 1.97 bits per heavy atom. The summed E-state index contributed by atoms with van der Waals surface area (Å²) in [5, 5.41) is 3.93. The van der Waals surface area contributed by atoms with E-state index in [9.17, 15) is 22.4 Å². The van der Waals surface area contributed by atoms with Gasteiger partial charge >= 0.3 is 12.2 Å². The topological polar surface area (TPSA) is 76.4 Å². The molecule has 0 aromatic heterocycles. The molecule has 0 bridgehead atoms. The summed E-state index contributed by atoms with van der Waals surface area (Å²) < 4.78 is 56.6. The number of rotatable bonds is 6. The highest BCUT2D eigenvalue weighted by Gasteiger charge is 2.27. The highest BCUT2D eigenvalue weighted by atomic mass is 35.5. The van der Waals surface area contributed by atoms with Crippen molar-refractivity contribution in [3.05, 3.63) is 52.8 Å². The number of carbonyl (C=O) groups is 1. The number of benzene rings is 2. The lowest BCUT2D eigenvalue weighted by molar-refractivity contribution is -0.122. The molecular weight excluding hydrogens is 437 g/mol. The van der Waals surface area contributed by atoms with Crippen LogP contribution in [0.2, 0.25) is 5.02 Å². The zero-order valence-corrected chi connectivity index (χ0v) is 16.7. The van der Waals surface area contributed by atoms with Gasteiger partial charge in [0.1, 0.15) is 12.3 Å². The van der Waals surface area contributed by atoms with Crippen LogP contribution in [0.25, 0.3) is 0 Å². The molecule has 0 aliphatic rings. The first kappa shape index (κ1) is 24.8. The number of urea groups is 1. The highest BCUT2D eigenvalue weighted by Crippen LogP contribution is 2.36. The van der Waals surface area contributed by atoms with Gasteiger partial charge in [-0.3, -0.25) is 0 Å². The molecule has 0 radical (unpaired) electrons. The average molecular weight is 456 g/mol. The van der Waals surface area contributed by atoms with E-state index >= 15 is 0 Å². The van der Waals surface area contributed by atoms with Gasteiger partial charge in [-0.15, -0.1) is 12.4 Å². The second-order valence-corrected chi connectivity index (χ2v) is 6.25. The van der Waals surface area contributed by atoms with Gasteiger partial charge in [0.05, 0.1) is 5.02 Å². The van der Waals surface area contributed by atoms with Gasteiger partial charge in [-0.25, -0.2) is 9.18 Å². The van der Waals surface area contributed by atoms with E-state index in [2.05, 4.69) is 5.32 Å². The Balaban J connectivity index is 0.00000420. The lowest BCUT2D eigenvalue weighted by Gasteiger charge is -2.16. The highest BCUT2D eigenvalue weighted by molar-refractivity contribution is 6.32. The number of carbonyl (C=O) groups excluding carboxylic acids is 1. The molecule has 0 heterocycles. The van der Waals surface area contributed by atoms with Crippen LogP contribution in [-0.4, -0.2) is 18.8 Å². The summed E-state index contributed by atoms with van der Waals surface area (Å²) in [5.74, 6) is -0.818. The van der Waals surface area contributed by atoms with Crippen molar-refractivity contribution < 1.29 is 27.1 Å². The molecule has 0 unspecified atom stereocenters. The van der Waals surface area contributed by atoms with Gasteiger partial charge in [0.2, 0.25) is 0 Å². The van der Waals surface area contributed by atoms with Crippen LogP contribution >= 0.6 is 24.0 Å². The van der Waals surface area contributed by atoms with E-state index in [0.29, 0.717) is 6.42 Å². The predicted molar refractivity (Wildman–Crippen MR) is 105 cm³/mol. The summed E-state index contributed by atoms with van der Waals surface area (Å²) in [7, 11) is 0. The average Bonchev–Trinajstić information content (AvgIpc) is 2.63. The standard InChI is InChI=1S/C18H18ClF4N3O2.ClH/c1-2-14(24)12-6-7-13(19)16(15(12)20)28-11-5-3-4-10(8-11)26-17(27)25-9-18(21,22)23;/h3-8,14H,2,9,24H2,1H3,(H2,25,26,27);1H/t14-;/m1./s1. The Kier molecular flexibility index (Phi) is 9.00. The number of nitrogens with two attached hydrogens (primary N) is 1. The van der Waals surface area contributed by atoms with E-state index in [1.165, 1.54) is 36.4 Å². The molecule has 4 N–H and O–H groups in total. The molecule has 0 saturated carbocycles. The van der Waals surface area contributed by atoms with E-state index in [1.54, 1.807) is 12.2 Å². The lowest BCUT2D eigenvalue weighted by Crippen LogP contribution is -2.36. The number of amides is 2. The number of nitrogens with one attached hydrogen (secondary N) is 2. The molecule has 0 aliphatic heterocycles. The van der Waals surface area contributed by atoms with Gasteiger partial charge in [-0.2, -0.15) is 13.2 Å². The Morgan fingerprint density at radius 1 is 1.28 bits per heavy atom. The van der Waals surface area contributed by atoms with Gasteiger partial charge in [-0.1, -0.05) is 30.7 Å². The Morgan fingerprint density at radius 3 is 2.59 bits per heavy atom. The first-order valence-electron chi connectivity index (χ1n) is 8.23. The molecule has 0 fully saturated rings. The normalized spacial score (nSPS) is 12.0. The van der Waals surface area contributed by atoms with Crippen molar-refractivity contribution in [2.45, 2.75) is 25.6 Å². The molecule has 5 nitrogen and oxygen atoms in total. The minimum Gasteiger partial charge on any atom is -0.453 e. The van der Waals surface area contributed by atoms with E-state index in [4.69, 9.17) is 22.1 Å². The van der Waals surface area contributed by atoms with Gasteiger partial charge in [0.15, 0.2) is 11.6 Å². The summed E-state index contributed by atoms with van der Waals surface area (Å²) in [6.45, 7) is 0.332. The predicted octanol–water partition coefficient (Wildman–Crippen LogP) is 5.79. The summed E-state index contributed by atoms with van der Waals surface area (Å²) >= 11 is 6.02. The van der Waals surface area contributed by atoms with Crippen LogP contribution in [0.15, 0.2) is 36.4 Å².